The number of aromatic nitrogens is 2. The number of hydrogen-bond acceptors (Lipinski definition) is 3. The van der Waals surface area contributed by atoms with Crippen molar-refractivity contribution in [2.24, 2.45) is 0 Å². The molecule has 0 atom stereocenters. The number of aromatic amines is 1. The fourth-order valence-electron chi connectivity index (χ4n) is 2.06. The fraction of sp³-hybridized carbons (Fsp3) is 0.214. The molecule has 5 heteroatoms. The molecule has 5 nitrogen and oxygen atoms in total. The molecule has 3 rings (SSSR count). The smallest absolute Gasteiger partial charge is 0.408 e. The van der Waals surface area contributed by atoms with Gasteiger partial charge >= 0.3 is 5.76 Å². The van der Waals surface area contributed by atoms with Crippen LogP contribution < -0.4 is 11.1 Å². The van der Waals surface area contributed by atoms with Crippen LogP contribution in [-0.4, -0.2) is 9.55 Å². The van der Waals surface area contributed by atoms with Crippen LogP contribution in [0.15, 0.2) is 45.9 Å². The van der Waals surface area contributed by atoms with Crippen molar-refractivity contribution >= 4 is 16.8 Å². The van der Waals surface area contributed by atoms with Crippen molar-refractivity contribution in [3.05, 3.63) is 52.8 Å². The number of rotatable bonds is 4. The van der Waals surface area contributed by atoms with Gasteiger partial charge in [0.15, 0.2) is 5.58 Å². The number of nitrogens with zero attached hydrogens (tertiary/aromatic N) is 1. The summed E-state index contributed by atoms with van der Waals surface area (Å²) >= 11 is 0. The first-order chi connectivity index (χ1) is 9.24. The highest BCUT2D eigenvalue weighted by Gasteiger charge is 2.02. The Morgan fingerprint density at radius 1 is 1.37 bits per heavy atom. The molecule has 1 aromatic carbocycles. The van der Waals surface area contributed by atoms with E-state index in [-0.39, 0.29) is 0 Å². The van der Waals surface area contributed by atoms with E-state index in [1.807, 2.05) is 12.1 Å². The Morgan fingerprint density at radius 2 is 2.26 bits per heavy atom. The summed E-state index contributed by atoms with van der Waals surface area (Å²) in [5.74, 6) is -0.424. The molecule has 0 aliphatic carbocycles. The zero-order valence-electron chi connectivity index (χ0n) is 10.6. The van der Waals surface area contributed by atoms with Gasteiger partial charge in [-0.3, -0.25) is 4.98 Å². The highest BCUT2D eigenvalue weighted by Crippen LogP contribution is 2.17. The zero-order valence-corrected chi connectivity index (χ0v) is 10.6. The summed E-state index contributed by atoms with van der Waals surface area (Å²) in [7, 11) is 0. The minimum absolute atomic E-state index is 0.424. The quantitative estimate of drug-likeness (QED) is 0.755. The molecule has 0 unspecified atom stereocenters. The number of benzene rings is 1. The molecule has 0 fully saturated rings. The molecule has 3 aromatic rings. The average molecular weight is 257 g/mol. The van der Waals surface area contributed by atoms with Gasteiger partial charge in [-0.15, -0.1) is 0 Å². The minimum atomic E-state index is -0.424. The van der Waals surface area contributed by atoms with E-state index in [9.17, 15) is 4.79 Å². The highest BCUT2D eigenvalue weighted by molar-refractivity contribution is 5.76. The highest BCUT2D eigenvalue weighted by atomic mass is 16.4. The van der Waals surface area contributed by atoms with E-state index in [0.717, 1.165) is 18.8 Å². The van der Waals surface area contributed by atoms with Crippen molar-refractivity contribution in [3.63, 3.8) is 0 Å². The lowest BCUT2D eigenvalue weighted by Crippen LogP contribution is -1.98. The largest absolute Gasteiger partial charge is 0.417 e. The third kappa shape index (κ3) is 2.40. The van der Waals surface area contributed by atoms with Crippen LogP contribution in [0, 0.1) is 0 Å². The lowest BCUT2D eigenvalue weighted by atomic mass is 10.2. The van der Waals surface area contributed by atoms with E-state index in [2.05, 4.69) is 40.3 Å². The molecular formula is C14H15N3O2. The van der Waals surface area contributed by atoms with E-state index in [1.54, 1.807) is 6.07 Å². The van der Waals surface area contributed by atoms with Gasteiger partial charge in [-0.05, 0) is 36.8 Å². The SMILES string of the molecule is CCn1ccc(CNc2ccc3oc(=O)[nH]c3c2)c1. The van der Waals surface area contributed by atoms with Crippen molar-refractivity contribution in [2.45, 2.75) is 20.0 Å². The molecule has 0 saturated heterocycles. The molecule has 19 heavy (non-hydrogen) atoms. The summed E-state index contributed by atoms with van der Waals surface area (Å²) in [5.41, 5.74) is 3.46. The molecular weight excluding hydrogens is 242 g/mol. The zero-order chi connectivity index (χ0) is 13.2. The van der Waals surface area contributed by atoms with Gasteiger partial charge in [0.25, 0.3) is 0 Å². The van der Waals surface area contributed by atoms with Crippen molar-refractivity contribution in [1.29, 1.82) is 0 Å². The Bertz CT molecular complexity index is 751. The van der Waals surface area contributed by atoms with Crippen LogP contribution >= 0.6 is 0 Å². The second-order valence-electron chi connectivity index (χ2n) is 4.43. The summed E-state index contributed by atoms with van der Waals surface area (Å²) in [6.45, 7) is 3.84. The molecule has 0 amide bonds. The van der Waals surface area contributed by atoms with Gasteiger partial charge in [0.2, 0.25) is 0 Å². The lowest BCUT2D eigenvalue weighted by Gasteiger charge is -2.04. The molecule has 0 spiro atoms. The summed E-state index contributed by atoms with van der Waals surface area (Å²) in [5, 5.41) is 3.32. The third-order valence-corrected chi connectivity index (χ3v) is 3.09. The van der Waals surface area contributed by atoms with Crippen LogP contribution in [0.4, 0.5) is 5.69 Å². The van der Waals surface area contributed by atoms with Gasteiger partial charge in [-0.2, -0.15) is 0 Å². The maximum absolute atomic E-state index is 11.1. The Morgan fingerprint density at radius 3 is 3.05 bits per heavy atom. The summed E-state index contributed by atoms with van der Waals surface area (Å²) in [6.07, 6.45) is 4.18. The summed E-state index contributed by atoms with van der Waals surface area (Å²) < 4.78 is 7.09. The van der Waals surface area contributed by atoms with E-state index in [0.29, 0.717) is 11.1 Å². The number of fused-ring (bicyclic) bond motifs is 1. The van der Waals surface area contributed by atoms with Crippen LogP contribution in [0.3, 0.4) is 0 Å². The van der Waals surface area contributed by atoms with E-state index in [4.69, 9.17) is 4.42 Å². The van der Waals surface area contributed by atoms with Crippen LogP contribution in [-0.2, 0) is 13.1 Å². The van der Waals surface area contributed by atoms with Crippen LogP contribution in [0.25, 0.3) is 11.1 Å². The summed E-state index contributed by atoms with van der Waals surface area (Å²) in [6, 6.07) is 7.65. The Labute approximate surface area is 109 Å². The fourth-order valence-corrected chi connectivity index (χ4v) is 2.06. The normalized spacial score (nSPS) is 11.0. The monoisotopic (exact) mass is 257 g/mol. The first-order valence-electron chi connectivity index (χ1n) is 6.26. The first kappa shape index (κ1) is 11.6. The number of aryl methyl sites for hydroxylation is 1. The Balaban J connectivity index is 1.75. The minimum Gasteiger partial charge on any atom is -0.408 e. The van der Waals surface area contributed by atoms with E-state index in [1.165, 1.54) is 5.56 Å². The van der Waals surface area contributed by atoms with Gasteiger partial charge in [-0.1, -0.05) is 0 Å². The predicted molar refractivity (Wildman–Crippen MR) is 74.3 cm³/mol. The van der Waals surface area contributed by atoms with Gasteiger partial charge in [0, 0.05) is 31.2 Å². The standard InChI is InChI=1S/C14H15N3O2/c1-2-17-6-5-10(9-17)8-15-11-3-4-13-12(7-11)16-14(18)19-13/h3-7,9,15H,2,8H2,1H3,(H,16,18). The molecule has 2 N–H and O–H groups in total. The van der Waals surface area contributed by atoms with Crippen LogP contribution in [0.5, 0.6) is 0 Å². The van der Waals surface area contributed by atoms with Gasteiger partial charge in [-0.25, -0.2) is 4.79 Å². The van der Waals surface area contributed by atoms with Crippen LogP contribution in [0.2, 0.25) is 0 Å². The second kappa shape index (κ2) is 4.68. The molecule has 0 aliphatic heterocycles. The predicted octanol–water partition coefficient (Wildman–Crippen LogP) is 2.55. The number of oxazole rings is 1. The molecule has 2 heterocycles. The van der Waals surface area contributed by atoms with E-state index >= 15 is 0 Å². The lowest BCUT2D eigenvalue weighted by molar-refractivity contribution is 0.555. The second-order valence-corrected chi connectivity index (χ2v) is 4.43. The average Bonchev–Trinajstić information content (AvgIpc) is 3.00. The van der Waals surface area contributed by atoms with Gasteiger partial charge in [0.05, 0.1) is 5.52 Å². The third-order valence-electron chi connectivity index (χ3n) is 3.09. The maximum Gasteiger partial charge on any atom is 0.417 e. The molecule has 0 bridgehead atoms. The van der Waals surface area contributed by atoms with Gasteiger partial charge in [0.1, 0.15) is 0 Å². The molecule has 0 aliphatic rings. The summed E-state index contributed by atoms with van der Waals surface area (Å²) in [4.78, 5) is 13.7. The van der Waals surface area contributed by atoms with E-state index < -0.39 is 5.76 Å². The molecule has 0 saturated carbocycles. The number of nitrogens with one attached hydrogen (secondary N) is 2. The van der Waals surface area contributed by atoms with Crippen molar-refractivity contribution in [2.75, 3.05) is 5.32 Å². The Hall–Kier alpha value is -2.43. The topological polar surface area (TPSA) is 63.0 Å². The number of hydrogen-bond donors (Lipinski definition) is 2. The molecule has 98 valence electrons. The van der Waals surface area contributed by atoms with Crippen molar-refractivity contribution in [1.82, 2.24) is 9.55 Å². The van der Waals surface area contributed by atoms with Gasteiger partial charge < -0.3 is 14.3 Å². The molecule has 0 radical (unpaired) electrons. The van der Waals surface area contributed by atoms with Crippen molar-refractivity contribution in [3.8, 4) is 0 Å². The van der Waals surface area contributed by atoms with Crippen LogP contribution in [0.1, 0.15) is 12.5 Å². The first-order valence-corrected chi connectivity index (χ1v) is 6.26. The number of H-pyrrole nitrogens is 1. The van der Waals surface area contributed by atoms with Crippen molar-refractivity contribution < 1.29 is 4.42 Å². The maximum atomic E-state index is 11.1. The number of anilines is 1. The molecule has 2 aromatic heterocycles. The Kier molecular flexibility index (Phi) is 2.87.